The van der Waals surface area contributed by atoms with Gasteiger partial charge in [0.15, 0.2) is 0 Å². The van der Waals surface area contributed by atoms with Gasteiger partial charge in [-0.25, -0.2) is 0 Å². The molecule has 0 saturated carbocycles. The van der Waals surface area contributed by atoms with E-state index in [2.05, 4.69) is 51.2 Å². The largest absolute Gasteiger partial charge is 0.369 e. The van der Waals surface area contributed by atoms with Crippen molar-refractivity contribution in [3.8, 4) is 0 Å². The Morgan fingerprint density at radius 3 is 2.29 bits per heavy atom. The highest BCUT2D eigenvalue weighted by Gasteiger charge is 2.24. The molecule has 1 fully saturated rings. The van der Waals surface area contributed by atoms with E-state index in [1.165, 1.54) is 5.69 Å². The van der Waals surface area contributed by atoms with E-state index in [0.717, 1.165) is 31.9 Å². The van der Waals surface area contributed by atoms with Crippen LogP contribution in [0, 0.1) is 0 Å². The molecule has 0 amide bonds. The Morgan fingerprint density at radius 2 is 1.67 bits per heavy atom. The Morgan fingerprint density at radius 1 is 0.952 bits per heavy atom. The van der Waals surface area contributed by atoms with E-state index in [4.69, 9.17) is 5.73 Å². The average Bonchev–Trinajstić information content (AvgIpc) is 2.58. The van der Waals surface area contributed by atoms with Gasteiger partial charge in [-0.1, -0.05) is 24.3 Å². The summed E-state index contributed by atoms with van der Waals surface area (Å²) in [5.41, 5.74) is 8.37. The molecule has 110 valence electrons. The van der Waals surface area contributed by atoms with Gasteiger partial charge in [0.05, 0.1) is 11.7 Å². The number of para-hydroxylation sites is 1. The molecule has 1 atom stereocenters. The monoisotopic (exact) mass is 282 g/mol. The lowest BCUT2D eigenvalue weighted by Crippen LogP contribution is -2.49. The second-order valence-corrected chi connectivity index (χ2v) is 5.36. The van der Waals surface area contributed by atoms with Crippen molar-refractivity contribution in [2.45, 2.75) is 6.04 Å². The van der Waals surface area contributed by atoms with Crippen LogP contribution in [0.2, 0.25) is 0 Å². The molecule has 0 radical (unpaired) electrons. The summed E-state index contributed by atoms with van der Waals surface area (Å²) in [5.74, 6) is 0. The van der Waals surface area contributed by atoms with Crippen molar-refractivity contribution in [3.05, 3.63) is 60.4 Å². The molecule has 1 aromatic carbocycles. The van der Waals surface area contributed by atoms with Crippen molar-refractivity contribution >= 4 is 5.69 Å². The summed E-state index contributed by atoms with van der Waals surface area (Å²) in [4.78, 5) is 9.35. The van der Waals surface area contributed by atoms with Crippen LogP contribution in [0.25, 0.3) is 0 Å². The summed E-state index contributed by atoms with van der Waals surface area (Å²) >= 11 is 0. The number of nitrogens with two attached hydrogens (primary N) is 1. The summed E-state index contributed by atoms with van der Waals surface area (Å²) in [6, 6.07) is 16.9. The number of hydrogen-bond acceptors (Lipinski definition) is 4. The molecule has 1 aromatic heterocycles. The second-order valence-electron chi connectivity index (χ2n) is 5.36. The maximum absolute atomic E-state index is 5.99. The highest BCUT2D eigenvalue weighted by molar-refractivity contribution is 5.46. The minimum absolute atomic E-state index is 0.226. The first kappa shape index (κ1) is 14.0. The number of benzene rings is 1. The smallest absolute Gasteiger partial charge is 0.0645 e. The quantitative estimate of drug-likeness (QED) is 0.930. The number of rotatable bonds is 4. The zero-order valence-electron chi connectivity index (χ0n) is 12.2. The number of pyridine rings is 1. The molecule has 4 nitrogen and oxygen atoms in total. The standard InChI is InChI=1S/C17H22N4/c18-14-17(16-8-4-5-9-19-16)21-12-10-20(11-13-21)15-6-2-1-3-7-15/h1-9,17H,10-14,18H2. The minimum atomic E-state index is 0.226. The SMILES string of the molecule is NCC(c1ccccn1)N1CCN(c2ccccc2)CC1. The third-order valence-electron chi connectivity index (χ3n) is 4.13. The molecule has 2 N–H and O–H groups in total. The van der Waals surface area contributed by atoms with Crippen LogP contribution in [-0.2, 0) is 0 Å². The first-order valence-electron chi connectivity index (χ1n) is 7.53. The second kappa shape index (κ2) is 6.70. The normalized spacial score (nSPS) is 17.7. The van der Waals surface area contributed by atoms with Crippen LogP contribution in [0.3, 0.4) is 0 Å². The number of piperazine rings is 1. The molecule has 2 heterocycles. The molecule has 1 aliphatic rings. The Balaban J connectivity index is 1.65. The number of hydrogen-bond donors (Lipinski definition) is 1. The van der Waals surface area contributed by atoms with E-state index in [1.54, 1.807) is 0 Å². The topological polar surface area (TPSA) is 45.4 Å². The van der Waals surface area contributed by atoms with Crippen molar-refractivity contribution in [1.29, 1.82) is 0 Å². The van der Waals surface area contributed by atoms with E-state index in [0.29, 0.717) is 6.54 Å². The van der Waals surface area contributed by atoms with E-state index < -0.39 is 0 Å². The van der Waals surface area contributed by atoms with Crippen molar-refractivity contribution in [1.82, 2.24) is 9.88 Å². The third kappa shape index (κ3) is 3.23. The summed E-state index contributed by atoms with van der Waals surface area (Å²) in [5, 5.41) is 0. The lowest BCUT2D eigenvalue weighted by Gasteiger charge is -2.39. The summed E-state index contributed by atoms with van der Waals surface area (Å²) in [7, 11) is 0. The van der Waals surface area contributed by atoms with Crippen molar-refractivity contribution in [2.75, 3.05) is 37.6 Å². The highest BCUT2D eigenvalue weighted by atomic mass is 15.3. The molecule has 1 unspecified atom stereocenters. The molecule has 1 saturated heterocycles. The van der Waals surface area contributed by atoms with Gasteiger partial charge in [-0.15, -0.1) is 0 Å². The van der Waals surface area contributed by atoms with Crippen molar-refractivity contribution < 1.29 is 0 Å². The molecule has 0 bridgehead atoms. The molecule has 4 heteroatoms. The van der Waals surface area contributed by atoms with Gasteiger partial charge in [0, 0.05) is 44.6 Å². The van der Waals surface area contributed by atoms with Crippen molar-refractivity contribution in [2.24, 2.45) is 5.73 Å². The molecule has 3 rings (SSSR count). The zero-order valence-corrected chi connectivity index (χ0v) is 12.2. The van der Waals surface area contributed by atoms with Crippen LogP contribution in [0.5, 0.6) is 0 Å². The van der Waals surface area contributed by atoms with Crippen LogP contribution in [0.15, 0.2) is 54.7 Å². The molecular weight excluding hydrogens is 260 g/mol. The fourth-order valence-corrected chi connectivity index (χ4v) is 2.96. The minimum Gasteiger partial charge on any atom is -0.369 e. The zero-order chi connectivity index (χ0) is 14.5. The fourth-order valence-electron chi connectivity index (χ4n) is 2.96. The molecule has 1 aliphatic heterocycles. The Hall–Kier alpha value is -1.91. The maximum atomic E-state index is 5.99. The summed E-state index contributed by atoms with van der Waals surface area (Å²) in [6.07, 6.45) is 1.85. The highest BCUT2D eigenvalue weighted by Crippen LogP contribution is 2.22. The molecular formula is C17H22N4. The van der Waals surface area contributed by atoms with Gasteiger partial charge in [-0.2, -0.15) is 0 Å². The number of anilines is 1. The van der Waals surface area contributed by atoms with Crippen LogP contribution >= 0.6 is 0 Å². The molecule has 21 heavy (non-hydrogen) atoms. The van der Waals surface area contributed by atoms with Crippen molar-refractivity contribution in [3.63, 3.8) is 0 Å². The number of aromatic nitrogens is 1. The van der Waals surface area contributed by atoms with E-state index in [-0.39, 0.29) is 6.04 Å². The van der Waals surface area contributed by atoms with Gasteiger partial charge in [-0.05, 0) is 24.3 Å². The maximum Gasteiger partial charge on any atom is 0.0645 e. The van der Waals surface area contributed by atoms with Crippen LogP contribution in [-0.4, -0.2) is 42.6 Å². The lowest BCUT2D eigenvalue weighted by molar-refractivity contribution is 0.187. The lowest BCUT2D eigenvalue weighted by atomic mass is 10.1. The average molecular weight is 282 g/mol. The molecule has 2 aromatic rings. The third-order valence-corrected chi connectivity index (χ3v) is 4.13. The molecule has 0 aliphatic carbocycles. The van der Waals surface area contributed by atoms with E-state index in [9.17, 15) is 0 Å². The van der Waals surface area contributed by atoms with Gasteiger partial charge in [0.25, 0.3) is 0 Å². The van der Waals surface area contributed by atoms with E-state index >= 15 is 0 Å². The van der Waals surface area contributed by atoms with Gasteiger partial charge in [0.1, 0.15) is 0 Å². The Labute approximate surface area is 126 Å². The van der Waals surface area contributed by atoms with Gasteiger partial charge < -0.3 is 10.6 Å². The first-order valence-corrected chi connectivity index (χ1v) is 7.53. The predicted molar refractivity (Wildman–Crippen MR) is 86.3 cm³/mol. The van der Waals surface area contributed by atoms with Crippen LogP contribution in [0.1, 0.15) is 11.7 Å². The fraction of sp³-hybridized carbons (Fsp3) is 0.353. The number of nitrogens with zero attached hydrogens (tertiary/aromatic N) is 3. The van der Waals surface area contributed by atoms with Crippen LogP contribution < -0.4 is 10.6 Å². The van der Waals surface area contributed by atoms with Gasteiger partial charge >= 0.3 is 0 Å². The van der Waals surface area contributed by atoms with E-state index in [1.807, 2.05) is 18.3 Å². The Bertz CT molecular complexity index is 535. The van der Waals surface area contributed by atoms with Gasteiger partial charge in [0.2, 0.25) is 0 Å². The summed E-state index contributed by atoms with van der Waals surface area (Å²) < 4.78 is 0. The van der Waals surface area contributed by atoms with Gasteiger partial charge in [-0.3, -0.25) is 9.88 Å². The Kier molecular flexibility index (Phi) is 4.48. The first-order chi connectivity index (χ1) is 10.4. The predicted octanol–water partition coefficient (Wildman–Crippen LogP) is 1.90. The molecule has 0 spiro atoms. The van der Waals surface area contributed by atoms with Crippen LogP contribution in [0.4, 0.5) is 5.69 Å². The summed E-state index contributed by atoms with van der Waals surface area (Å²) in [6.45, 7) is 4.73.